The smallest absolute Gasteiger partial charge is 0.290 e. The molecule has 1 aliphatic rings. The van der Waals surface area contributed by atoms with Crippen molar-refractivity contribution in [3.8, 4) is 5.88 Å². The van der Waals surface area contributed by atoms with Gasteiger partial charge in [-0.15, -0.1) is 5.10 Å². The first kappa shape index (κ1) is 18.2. The van der Waals surface area contributed by atoms with E-state index in [-0.39, 0.29) is 5.56 Å². The molecule has 28 heavy (non-hydrogen) atoms. The average Bonchev–Trinajstić information content (AvgIpc) is 3.34. The number of hydrogen-bond acceptors (Lipinski definition) is 6. The van der Waals surface area contributed by atoms with Gasteiger partial charge in [0.2, 0.25) is 5.88 Å². The van der Waals surface area contributed by atoms with Crippen LogP contribution >= 0.6 is 0 Å². The molecule has 8 nitrogen and oxygen atoms in total. The van der Waals surface area contributed by atoms with Crippen molar-refractivity contribution in [1.29, 1.82) is 0 Å². The molecule has 1 aliphatic carbocycles. The van der Waals surface area contributed by atoms with Gasteiger partial charge in [0.25, 0.3) is 5.56 Å². The molecule has 0 saturated heterocycles. The number of anilines is 1. The van der Waals surface area contributed by atoms with Gasteiger partial charge < -0.3 is 10.1 Å². The monoisotopic (exact) mass is 380 g/mol. The molecule has 146 valence electrons. The minimum atomic E-state index is -0.198. The van der Waals surface area contributed by atoms with Crippen molar-refractivity contribution < 1.29 is 4.74 Å². The first-order valence-electron chi connectivity index (χ1n) is 9.35. The molecule has 1 fully saturated rings. The van der Waals surface area contributed by atoms with Gasteiger partial charge in [-0.3, -0.25) is 14.5 Å². The topological polar surface area (TPSA) is 86.9 Å². The van der Waals surface area contributed by atoms with Crippen molar-refractivity contribution in [3.63, 3.8) is 0 Å². The van der Waals surface area contributed by atoms with E-state index in [9.17, 15) is 4.79 Å². The number of rotatable bonds is 7. The van der Waals surface area contributed by atoms with Crippen LogP contribution in [-0.4, -0.2) is 31.2 Å². The van der Waals surface area contributed by atoms with E-state index >= 15 is 0 Å². The summed E-state index contributed by atoms with van der Waals surface area (Å²) in [4.78, 5) is 16.8. The van der Waals surface area contributed by atoms with Crippen LogP contribution in [0.4, 0.5) is 5.69 Å². The maximum atomic E-state index is 12.3. The minimum Gasteiger partial charge on any atom is -0.476 e. The molecule has 4 rings (SSSR count). The van der Waals surface area contributed by atoms with Gasteiger partial charge in [-0.2, -0.15) is 5.10 Å². The third-order valence-corrected chi connectivity index (χ3v) is 4.95. The fourth-order valence-electron chi connectivity index (χ4n) is 3.21. The van der Waals surface area contributed by atoms with E-state index in [1.54, 1.807) is 17.8 Å². The first-order valence-corrected chi connectivity index (χ1v) is 9.35. The number of hydrogen-bond donors (Lipinski definition) is 1. The third kappa shape index (κ3) is 4.05. The molecular weight excluding hydrogens is 356 g/mol. The Labute approximate surface area is 163 Å². The van der Waals surface area contributed by atoms with E-state index in [1.807, 2.05) is 32.4 Å². The largest absolute Gasteiger partial charge is 0.476 e. The van der Waals surface area contributed by atoms with Crippen molar-refractivity contribution in [3.05, 3.63) is 64.0 Å². The molecule has 3 heterocycles. The number of ether oxygens (including phenoxy) is 1. The van der Waals surface area contributed by atoms with E-state index in [0.29, 0.717) is 36.6 Å². The average molecular weight is 380 g/mol. The lowest BCUT2D eigenvalue weighted by molar-refractivity contribution is 0.278. The summed E-state index contributed by atoms with van der Waals surface area (Å²) >= 11 is 0. The lowest BCUT2D eigenvalue weighted by Crippen LogP contribution is -2.24. The molecule has 1 saturated carbocycles. The first-order chi connectivity index (χ1) is 13.5. The zero-order chi connectivity index (χ0) is 19.7. The number of nitrogens with one attached hydrogen (secondary N) is 1. The molecule has 0 aliphatic heterocycles. The van der Waals surface area contributed by atoms with E-state index in [1.165, 1.54) is 4.68 Å². The summed E-state index contributed by atoms with van der Waals surface area (Å²) in [7, 11) is 3.48. The zero-order valence-corrected chi connectivity index (χ0v) is 16.3. The molecule has 3 aromatic rings. The number of aromatic nitrogens is 5. The van der Waals surface area contributed by atoms with Crippen molar-refractivity contribution >= 4 is 5.69 Å². The highest BCUT2D eigenvalue weighted by atomic mass is 16.5. The van der Waals surface area contributed by atoms with Crippen LogP contribution in [-0.2, 0) is 20.6 Å². The summed E-state index contributed by atoms with van der Waals surface area (Å²) in [6, 6.07) is 7.74. The SMILES string of the molecule is Cc1ccc(C2CC2COc2cc(NCc3ccn(C)n3)c(=O)n(C)n2)nc1. The molecule has 0 spiro atoms. The summed E-state index contributed by atoms with van der Waals surface area (Å²) in [5.74, 6) is 1.31. The second kappa shape index (κ2) is 7.46. The second-order valence-corrected chi connectivity index (χ2v) is 7.33. The normalized spacial score (nSPS) is 18.1. The van der Waals surface area contributed by atoms with Gasteiger partial charge in [0, 0.05) is 50.1 Å². The lowest BCUT2D eigenvalue weighted by atomic mass is 10.2. The molecule has 2 atom stereocenters. The maximum absolute atomic E-state index is 12.3. The molecule has 2 unspecified atom stereocenters. The Bertz CT molecular complexity index is 1020. The van der Waals surface area contributed by atoms with Crippen LogP contribution in [0.3, 0.4) is 0 Å². The number of pyridine rings is 1. The van der Waals surface area contributed by atoms with Gasteiger partial charge in [-0.1, -0.05) is 6.07 Å². The second-order valence-electron chi connectivity index (χ2n) is 7.33. The Kier molecular flexibility index (Phi) is 4.85. The summed E-state index contributed by atoms with van der Waals surface area (Å²) in [5, 5.41) is 11.6. The summed E-state index contributed by atoms with van der Waals surface area (Å²) in [6.45, 7) is 3.06. The standard InChI is InChI=1S/C20H24N6O2/c1-13-4-5-17(21-10-13)16-8-14(16)12-28-19-9-18(20(27)26(3)24-19)22-11-15-6-7-25(2)23-15/h4-7,9-10,14,16,22H,8,11-12H2,1-3H3. The highest BCUT2D eigenvalue weighted by Gasteiger charge is 2.40. The number of aryl methyl sites for hydroxylation is 3. The van der Waals surface area contributed by atoms with Gasteiger partial charge >= 0.3 is 0 Å². The van der Waals surface area contributed by atoms with E-state index in [0.717, 1.165) is 23.4 Å². The molecule has 0 radical (unpaired) electrons. The maximum Gasteiger partial charge on any atom is 0.290 e. The summed E-state index contributed by atoms with van der Waals surface area (Å²) in [6.07, 6.45) is 4.83. The molecular formula is C20H24N6O2. The van der Waals surface area contributed by atoms with Crippen LogP contribution in [0.25, 0.3) is 0 Å². The molecule has 8 heteroatoms. The van der Waals surface area contributed by atoms with Crippen molar-refractivity contribution in [2.45, 2.75) is 25.8 Å². The minimum absolute atomic E-state index is 0.198. The van der Waals surface area contributed by atoms with Gasteiger partial charge in [0.15, 0.2) is 0 Å². The lowest BCUT2D eigenvalue weighted by Gasteiger charge is -2.10. The zero-order valence-electron chi connectivity index (χ0n) is 16.3. The highest BCUT2D eigenvalue weighted by molar-refractivity contribution is 5.43. The Balaban J connectivity index is 1.37. The van der Waals surface area contributed by atoms with E-state index in [2.05, 4.69) is 32.6 Å². The van der Waals surface area contributed by atoms with Crippen LogP contribution in [0.1, 0.15) is 29.3 Å². The molecule has 3 aromatic heterocycles. The van der Waals surface area contributed by atoms with Crippen molar-refractivity contribution in [2.24, 2.45) is 20.0 Å². The Morgan fingerprint density at radius 2 is 2.11 bits per heavy atom. The van der Waals surface area contributed by atoms with Gasteiger partial charge in [0.1, 0.15) is 5.69 Å². The molecule has 0 aromatic carbocycles. The van der Waals surface area contributed by atoms with Crippen molar-refractivity contribution in [1.82, 2.24) is 24.5 Å². The third-order valence-electron chi connectivity index (χ3n) is 4.95. The van der Waals surface area contributed by atoms with Crippen LogP contribution in [0.5, 0.6) is 5.88 Å². The van der Waals surface area contributed by atoms with Gasteiger partial charge in [0.05, 0.1) is 18.8 Å². The molecule has 0 amide bonds. The van der Waals surface area contributed by atoms with Gasteiger partial charge in [-0.05, 0) is 31.0 Å². The van der Waals surface area contributed by atoms with Crippen molar-refractivity contribution in [2.75, 3.05) is 11.9 Å². The summed E-state index contributed by atoms with van der Waals surface area (Å²) in [5.41, 5.74) is 3.39. The Morgan fingerprint density at radius 3 is 2.82 bits per heavy atom. The Hall–Kier alpha value is -3.16. The van der Waals surface area contributed by atoms with Crippen LogP contribution < -0.4 is 15.6 Å². The van der Waals surface area contributed by atoms with E-state index in [4.69, 9.17) is 4.74 Å². The summed E-state index contributed by atoms with van der Waals surface area (Å²) < 4.78 is 8.90. The van der Waals surface area contributed by atoms with Gasteiger partial charge in [-0.25, -0.2) is 4.68 Å². The quantitative estimate of drug-likeness (QED) is 0.675. The van der Waals surface area contributed by atoms with E-state index < -0.39 is 0 Å². The Morgan fingerprint density at radius 1 is 1.25 bits per heavy atom. The fraction of sp³-hybridized carbons (Fsp3) is 0.400. The predicted molar refractivity (Wildman–Crippen MR) is 105 cm³/mol. The predicted octanol–water partition coefficient (Wildman–Crippen LogP) is 2.01. The van der Waals surface area contributed by atoms with Crippen LogP contribution in [0.15, 0.2) is 41.5 Å². The highest BCUT2D eigenvalue weighted by Crippen LogP contribution is 2.46. The van der Waals surface area contributed by atoms with Crippen LogP contribution in [0, 0.1) is 12.8 Å². The fourth-order valence-corrected chi connectivity index (χ4v) is 3.21. The number of nitrogens with zero attached hydrogens (tertiary/aromatic N) is 5. The molecule has 1 N–H and O–H groups in total. The molecule has 0 bridgehead atoms. The van der Waals surface area contributed by atoms with Crippen LogP contribution in [0.2, 0.25) is 0 Å².